The van der Waals surface area contributed by atoms with Gasteiger partial charge in [-0.15, -0.1) is 0 Å². The van der Waals surface area contributed by atoms with Gasteiger partial charge in [0.2, 0.25) is 0 Å². The minimum Gasteiger partial charge on any atom is -0.493 e. The average molecular weight is 424 g/mol. The number of carbonyl (C=O) groups is 1. The van der Waals surface area contributed by atoms with Gasteiger partial charge in [0, 0.05) is 10.7 Å². The second-order valence-corrected chi connectivity index (χ2v) is 6.90. The van der Waals surface area contributed by atoms with Crippen LogP contribution in [0.5, 0.6) is 11.5 Å². The van der Waals surface area contributed by atoms with Crippen molar-refractivity contribution in [2.45, 2.75) is 13.5 Å². The molecule has 0 aliphatic heterocycles. The van der Waals surface area contributed by atoms with E-state index in [1.807, 2.05) is 61.5 Å². The van der Waals surface area contributed by atoms with Crippen LogP contribution in [-0.2, 0) is 6.61 Å². The van der Waals surface area contributed by atoms with Crippen LogP contribution in [0.2, 0.25) is 5.02 Å². The van der Waals surface area contributed by atoms with E-state index in [0.717, 1.165) is 22.4 Å². The molecule has 0 bridgehead atoms. The number of nitrogens with one attached hydrogen (secondary N) is 2. The number of amides is 2. The molecule has 0 fully saturated rings. The Balaban J connectivity index is 1.57. The number of urea groups is 1. The third kappa shape index (κ3) is 5.99. The number of carbonyl (C=O) groups excluding carboxylic acids is 1. The average Bonchev–Trinajstić information content (AvgIpc) is 2.75. The lowest BCUT2D eigenvalue weighted by molar-refractivity contribution is 0.252. The summed E-state index contributed by atoms with van der Waals surface area (Å²) in [7, 11) is 1.57. The quantitative estimate of drug-likeness (QED) is 0.395. The minimum absolute atomic E-state index is 0.390. The van der Waals surface area contributed by atoms with Crippen molar-refractivity contribution in [1.82, 2.24) is 5.43 Å². The van der Waals surface area contributed by atoms with Gasteiger partial charge in [-0.1, -0.05) is 41.9 Å². The summed E-state index contributed by atoms with van der Waals surface area (Å²) < 4.78 is 11.2. The van der Waals surface area contributed by atoms with Crippen molar-refractivity contribution in [3.8, 4) is 11.5 Å². The zero-order chi connectivity index (χ0) is 21.3. The van der Waals surface area contributed by atoms with Crippen LogP contribution in [-0.4, -0.2) is 19.4 Å². The number of hydrazone groups is 1. The summed E-state index contributed by atoms with van der Waals surface area (Å²) in [6.07, 6.45) is 1.53. The van der Waals surface area contributed by atoms with Crippen LogP contribution in [0, 0.1) is 6.92 Å². The number of hydrogen-bond acceptors (Lipinski definition) is 4. The summed E-state index contributed by atoms with van der Waals surface area (Å²) in [6, 6.07) is 19.9. The van der Waals surface area contributed by atoms with Gasteiger partial charge in [-0.05, 0) is 60.0 Å². The highest BCUT2D eigenvalue weighted by atomic mass is 35.5. The van der Waals surface area contributed by atoms with Crippen LogP contribution >= 0.6 is 11.6 Å². The Morgan fingerprint density at radius 2 is 1.83 bits per heavy atom. The molecule has 154 valence electrons. The van der Waals surface area contributed by atoms with Crippen molar-refractivity contribution < 1.29 is 14.3 Å². The molecule has 0 saturated heterocycles. The van der Waals surface area contributed by atoms with Gasteiger partial charge >= 0.3 is 6.03 Å². The first-order valence-electron chi connectivity index (χ1n) is 9.26. The van der Waals surface area contributed by atoms with E-state index in [2.05, 4.69) is 15.8 Å². The molecule has 0 unspecified atom stereocenters. The predicted molar refractivity (Wildman–Crippen MR) is 120 cm³/mol. The molecule has 2 N–H and O–H groups in total. The summed E-state index contributed by atoms with van der Waals surface area (Å²) >= 11 is 5.90. The van der Waals surface area contributed by atoms with Crippen LogP contribution < -0.4 is 20.2 Å². The molecule has 3 aromatic carbocycles. The first-order chi connectivity index (χ1) is 14.5. The normalized spacial score (nSPS) is 10.6. The third-order valence-electron chi connectivity index (χ3n) is 4.27. The van der Waals surface area contributed by atoms with E-state index in [4.69, 9.17) is 21.1 Å². The molecule has 0 aliphatic carbocycles. The Morgan fingerprint density at radius 3 is 2.57 bits per heavy atom. The van der Waals surface area contributed by atoms with Gasteiger partial charge in [0.05, 0.1) is 13.3 Å². The summed E-state index contributed by atoms with van der Waals surface area (Å²) in [4.78, 5) is 12.0. The van der Waals surface area contributed by atoms with Crippen LogP contribution in [0.25, 0.3) is 0 Å². The lowest BCUT2D eigenvalue weighted by atomic mass is 10.2. The van der Waals surface area contributed by atoms with Gasteiger partial charge in [-0.25, -0.2) is 10.2 Å². The SMILES string of the molecule is COc1cc(C=NNC(=O)Nc2ccccc2C)ccc1OCc1ccc(Cl)cc1. The molecule has 7 heteroatoms. The van der Waals surface area contributed by atoms with Crippen molar-refractivity contribution in [3.05, 3.63) is 88.4 Å². The summed E-state index contributed by atoms with van der Waals surface area (Å²) in [5.74, 6) is 1.17. The van der Waals surface area contributed by atoms with Crippen molar-refractivity contribution in [1.29, 1.82) is 0 Å². The maximum atomic E-state index is 12.0. The monoisotopic (exact) mass is 423 g/mol. The Kier molecular flexibility index (Phi) is 7.29. The molecule has 0 radical (unpaired) electrons. The number of ether oxygens (including phenoxy) is 2. The second kappa shape index (κ2) is 10.3. The first kappa shape index (κ1) is 21.2. The Hall–Kier alpha value is -3.51. The molecule has 3 rings (SSSR count). The Labute approximate surface area is 180 Å². The molecule has 0 aliphatic rings. The standard InChI is InChI=1S/C23H22ClN3O3/c1-16-5-3-4-6-20(16)26-23(28)27-25-14-18-9-12-21(22(13-18)29-2)30-15-17-7-10-19(24)11-8-17/h3-14H,15H2,1-2H3,(H2,26,27,28). The van der Waals surface area contributed by atoms with Crippen LogP contribution in [0.15, 0.2) is 71.8 Å². The minimum atomic E-state index is -0.421. The molecule has 2 amide bonds. The Morgan fingerprint density at radius 1 is 1.07 bits per heavy atom. The Bertz CT molecular complexity index is 1040. The van der Waals surface area contributed by atoms with Crippen molar-refractivity contribution in [2.75, 3.05) is 12.4 Å². The molecule has 0 heterocycles. The molecule has 0 aromatic heterocycles. The van der Waals surface area contributed by atoms with E-state index in [1.165, 1.54) is 6.21 Å². The van der Waals surface area contributed by atoms with Gasteiger partial charge in [-0.3, -0.25) is 0 Å². The van der Waals surface area contributed by atoms with Crippen molar-refractivity contribution >= 4 is 29.5 Å². The van der Waals surface area contributed by atoms with Gasteiger partial charge < -0.3 is 14.8 Å². The maximum absolute atomic E-state index is 12.0. The van der Waals surface area contributed by atoms with Crippen LogP contribution in [0.1, 0.15) is 16.7 Å². The van der Waals surface area contributed by atoms with E-state index < -0.39 is 6.03 Å². The van der Waals surface area contributed by atoms with E-state index >= 15 is 0 Å². The summed E-state index contributed by atoms with van der Waals surface area (Å²) in [5.41, 5.74) is 5.89. The number of benzene rings is 3. The molecule has 0 atom stereocenters. The van der Waals surface area contributed by atoms with Crippen LogP contribution in [0.4, 0.5) is 10.5 Å². The van der Waals surface area contributed by atoms with Gasteiger partial charge in [0.25, 0.3) is 0 Å². The predicted octanol–water partition coefficient (Wildman–Crippen LogP) is 5.39. The lowest BCUT2D eigenvalue weighted by Gasteiger charge is -2.11. The number of aryl methyl sites for hydroxylation is 1. The van der Waals surface area contributed by atoms with Crippen molar-refractivity contribution in [3.63, 3.8) is 0 Å². The molecule has 0 saturated carbocycles. The highest BCUT2D eigenvalue weighted by Crippen LogP contribution is 2.28. The number of nitrogens with zero attached hydrogens (tertiary/aromatic N) is 1. The van der Waals surface area contributed by atoms with Gasteiger partial charge in [0.15, 0.2) is 11.5 Å². The largest absolute Gasteiger partial charge is 0.493 e. The third-order valence-corrected chi connectivity index (χ3v) is 4.52. The lowest BCUT2D eigenvalue weighted by Crippen LogP contribution is -2.24. The number of halogens is 1. The number of rotatable bonds is 7. The smallest absolute Gasteiger partial charge is 0.339 e. The topological polar surface area (TPSA) is 72.0 Å². The fourth-order valence-corrected chi connectivity index (χ4v) is 2.78. The highest BCUT2D eigenvalue weighted by Gasteiger charge is 2.06. The number of methoxy groups -OCH3 is 1. The number of hydrogen-bond donors (Lipinski definition) is 2. The van der Waals surface area contributed by atoms with E-state index in [-0.39, 0.29) is 0 Å². The zero-order valence-corrected chi connectivity index (χ0v) is 17.4. The molecule has 0 spiro atoms. The first-order valence-corrected chi connectivity index (χ1v) is 9.64. The van der Waals surface area contributed by atoms with Crippen molar-refractivity contribution in [2.24, 2.45) is 5.10 Å². The second-order valence-electron chi connectivity index (χ2n) is 6.46. The maximum Gasteiger partial charge on any atom is 0.339 e. The highest BCUT2D eigenvalue weighted by molar-refractivity contribution is 6.30. The zero-order valence-electron chi connectivity index (χ0n) is 16.7. The molecule has 3 aromatic rings. The fraction of sp³-hybridized carbons (Fsp3) is 0.130. The fourth-order valence-electron chi connectivity index (χ4n) is 2.65. The summed E-state index contributed by atoms with van der Waals surface area (Å²) in [5, 5.41) is 7.41. The van der Waals surface area contributed by atoms with E-state index in [9.17, 15) is 4.79 Å². The van der Waals surface area contributed by atoms with E-state index in [1.54, 1.807) is 19.2 Å². The molecule has 30 heavy (non-hydrogen) atoms. The van der Waals surface area contributed by atoms with Gasteiger partial charge in [0.1, 0.15) is 6.61 Å². The molecular formula is C23H22ClN3O3. The van der Waals surface area contributed by atoms with Crippen LogP contribution in [0.3, 0.4) is 0 Å². The number of anilines is 1. The van der Waals surface area contributed by atoms with E-state index in [0.29, 0.717) is 23.1 Å². The van der Waals surface area contributed by atoms with Gasteiger partial charge in [-0.2, -0.15) is 5.10 Å². The molecule has 6 nitrogen and oxygen atoms in total. The number of para-hydroxylation sites is 1. The summed E-state index contributed by atoms with van der Waals surface area (Å²) in [6.45, 7) is 2.31. The molecular weight excluding hydrogens is 402 g/mol.